The molecule has 2 N–H and O–H groups in total. The zero-order chi connectivity index (χ0) is 6.41. The molecule has 0 fully saturated rings. The van der Waals surface area contributed by atoms with E-state index in [-0.39, 0.29) is 5.75 Å². The summed E-state index contributed by atoms with van der Waals surface area (Å²) in [5, 5.41) is 0. The maximum absolute atomic E-state index is 9.73. The number of aldehydes is 1. The molecule has 0 spiro atoms. The van der Waals surface area contributed by atoms with Gasteiger partial charge in [-0.15, -0.1) is 4.91 Å². The fraction of sp³-hybridized carbons (Fsp3) is 0.667. The minimum atomic E-state index is -0.558. The van der Waals surface area contributed by atoms with Gasteiger partial charge in [-0.05, 0) is 0 Å². The maximum Gasteiger partial charge on any atom is 0.137 e. The predicted octanol–water partition coefficient (Wildman–Crippen LogP) is -0.0728. The lowest BCUT2D eigenvalue weighted by Crippen LogP contribution is -2.23. The molecule has 1 unspecified atom stereocenters. The molecular formula is C3H6N2O2S. The first-order chi connectivity index (χ1) is 3.81. The van der Waals surface area contributed by atoms with Crippen LogP contribution < -0.4 is 5.73 Å². The average molecular weight is 134 g/mol. The fourth-order valence-corrected chi connectivity index (χ4v) is 0.467. The summed E-state index contributed by atoms with van der Waals surface area (Å²) in [5.41, 5.74) is 5.07. The molecule has 4 nitrogen and oxygen atoms in total. The lowest BCUT2D eigenvalue weighted by Gasteiger charge is -1.93. The van der Waals surface area contributed by atoms with Gasteiger partial charge < -0.3 is 10.5 Å². The van der Waals surface area contributed by atoms with Gasteiger partial charge >= 0.3 is 0 Å². The van der Waals surface area contributed by atoms with Crippen molar-refractivity contribution < 1.29 is 4.79 Å². The van der Waals surface area contributed by atoms with Crippen molar-refractivity contribution in [3.05, 3.63) is 4.91 Å². The van der Waals surface area contributed by atoms with E-state index in [0.29, 0.717) is 6.29 Å². The van der Waals surface area contributed by atoms with E-state index >= 15 is 0 Å². The summed E-state index contributed by atoms with van der Waals surface area (Å²) >= 11 is 0.754. The van der Waals surface area contributed by atoms with Gasteiger partial charge in [-0.25, -0.2) is 0 Å². The largest absolute Gasteiger partial charge is 0.321 e. The summed E-state index contributed by atoms with van der Waals surface area (Å²) in [7, 11) is 0. The van der Waals surface area contributed by atoms with Gasteiger partial charge in [-0.1, -0.05) is 0 Å². The van der Waals surface area contributed by atoms with Crippen molar-refractivity contribution in [3.63, 3.8) is 0 Å². The second-order valence-electron chi connectivity index (χ2n) is 1.17. The van der Waals surface area contributed by atoms with Gasteiger partial charge in [0.25, 0.3) is 0 Å². The summed E-state index contributed by atoms with van der Waals surface area (Å²) in [6, 6.07) is -0.558. The number of rotatable bonds is 4. The number of nitrogens with two attached hydrogens (primary N) is 1. The van der Waals surface area contributed by atoms with Gasteiger partial charge in [0.15, 0.2) is 0 Å². The minimum Gasteiger partial charge on any atom is -0.321 e. The Kier molecular flexibility index (Phi) is 4.48. The van der Waals surface area contributed by atoms with Gasteiger partial charge in [0.2, 0.25) is 0 Å². The Hall–Kier alpha value is -0.420. The Morgan fingerprint density at radius 3 is 2.88 bits per heavy atom. The molecule has 1 atom stereocenters. The van der Waals surface area contributed by atoms with Crippen molar-refractivity contribution in [1.82, 2.24) is 0 Å². The summed E-state index contributed by atoms with van der Waals surface area (Å²) in [5.74, 6) is 0.271. The maximum atomic E-state index is 9.73. The highest BCUT2D eigenvalue weighted by molar-refractivity contribution is 7.97. The van der Waals surface area contributed by atoms with Crippen molar-refractivity contribution in [2.24, 2.45) is 10.3 Å². The van der Waals surface area contributed by atoms with Gasteiger partial charge in [0.05, 0.1) is 6.04 Å². The average Bonchev–Trinajstić information content (AvgIpc) is 1.83. The molecule has 0 aliphatic rings. The zero-order valence-corrected chi connectivity index (χ0v) is 4.93. The molecule has 8 heavy (non-hydrogen) atoms. The van der Waals surface area contributed by atoms with Gasteiger partial charge in [-0.2, -0.15) is 0 Å². The zero-order valence-electron chi connectivity index (χ0n) is 4.11. The van der Waals surface area contributed by atoms with E-state index in [1.807, 2.05) is 0 Å². The topological polar surface area (TPSA) is 72.5 Å². The molecular weight excluding hydrogens is 128 g/mol. The van der Waals surface area contributed by atoms with Crippen LogP contribution in [0.1, 0.15) is 0 Å². The quantitative estimate of drug-likeness (QED) is 0.332. The van der Waals surface area contributed by atoms with E-state index in [4.69, 9.17) is 5.73 Å². The molecule has 0 aromatic carbocycles. The van der Waals surface area contributed by atoms with Crippen LogP contribution in [-0.4, -0.2) is 18.1 Å². The molecule has 0 radical (unpaired) electrons. The fourth-order valence-electron chi connectivity index (χ4n) is 0.156. The van der Waals surface area contributed by atoms with Crippen LogP contribution in [0.4, 0.5) is 0 Å². The first kappa shape index (κ1) is 7.58. The Labute approximate surface area is 50.9 Å². The third kappa shape index (κ3) is 3.76. The molecule has 0 aromatic rings. The number of nitroso groups, excluding NO2 is 1. The van der Waals surface area contributed by atoms with Crippen molar-refractivity contribution in [2.75, 3.05) is 5.75 Å². The normalized spacial score (nSPS) is 12.6. The van der Waals surface area contributed by atoms with Crippen LogP contribution in [0.3, 0.4) is 0 Å². The van der Waals surface area contributed by atoms with Crippen molar-refractivity contribution in [3.8, 4) is 0 Å². The van der Waals surface area contributed by atoms with Gasteiger partial charge in [-0.3, -0.25) is 0 Å². The molecule has 46 valence electrons. The number of carbonyl (C=O) groups excluding carboxylic acids is 1. The molecule has 0 aromatic heterocycles. The van der Waals surface area contributed by atoms with Crippen molar-refractivity contribution in [1.29, 1.82) is 0 Å². The van der Waals surface area contributed by atoms with E-state index in [2.05, 4.69) is 4.58 Å². The van der Waals surface area contributed by atoms with Crippen LogP contribution >= 0.6 is 11.9 Å². The van der Waals surface area contributed by atoms with E-state index in [9.17, 15) is 9.70 Å². The molecule has 0 saturated carbocycles. The first-order valence-electron chi connectivity index (χ1n) is 1.96. The van der Waals surface area contributed by atoms with Crippen LogP contribution in [-0.2, 0) is 4.79 Å². The smallest absolute Gasteiger partial charge is 0.137 e. The molecule has 0 saturated heterocycles. The highest BCUT2D eigenvalue weighted by atomic mass is 32.2. The number of nitrogens with zero attached hydrogens (tertiary/aromatic N) is 1. The molecule has 0 heterocycles. The highest BCUT2D eigenvalue weighted by Crippen LogP contribution is 1.99. The lowest BCUT2D eigenvalue weighted by atomic mass is 10.4. The third-order valence-corrected chi connectivity index (χ3v) is 1.13. The SMILES string of the molecule is NC(C=O)CSN=O. The van der Waals surface area contributed by atoms with Crippen molar-refractivity contribution in [2.45, 2.75) is 6.04 Å². The number of carbonyl (C=O) groups is 1. The Balaban J connectivity index is 3.09. The highest BCUT2D eigenvalue weighted by Gasteiger charge is 1.97. The van der Waals surface area contributed by atoms with Crippen LogP contribution in [0.5, 0.6) is 0 Å². The standard InChI is InChI=1S/C3H6N2O2S/c4-3(1-6)2-8-5-7/h1,3H,2,4H2. The molecule has 0 bridgehead atoms. The first-order valence-corrected chi connectivity index (χ1v) is 2.91. The number of hydrogen-bond acceptors (Lipinski definition) is 5. The molecule has 0 amide bonds. The second kappa shape index (κ2) is 4.73. The second-order valence-corrected chi connectivity index (χ2v) is 1.91. The summed E-state index contributed by atoms with van der Waals surface area (Å²) in [4.78, 5) is 19.1. The predicted molar refractivity (Wildman–Crippen MR) is 32.3 cm³/mol. The van der Waals surface area contributed by atoms with Crippen molar-refractivity contribution >= 4 is 18.2 Å². The van der Waals surface area contributed by atoms with E-state index in [1.165, 1.54) is 0 Å². The van der Waals surface area contributed by atoms with Gasteiger partial charge in [0.1, 0.15) is 6.29 Å². The van der Waals surface area contributed by atoms with Gasteiger partial charge in [0, 0.05) is 22.3 Å². The Bertz CT molecular complexity index is 87.4. The minimum absolute atomic E-state index is 0.271. The third-order valence-electron chi connectivity index (χ3n) is 0.494. The van der Waals surface area contributed by atoms with E-state index in [1.54, 1.807) is 0 Å². The van der Waals surface area contributed by atoms with Crippen LogP contribution in [0.15, 0.2) is 4.58 Å². The van der Waals surface area contributed by atoms with E-state index < -0.39 is 6.04 Å². The summed E-state index contributed by atoms with van der Waals surface area (Å²) in [6.45, 7) is 0. The Morgan fingerprint density at radius 2 is 2.50 bits per heavy atom. The van der Waals surface area contributed by atoms with Crippen LogP contribution in [0.2, 0.25) is 0 Å². The van der Waals surface area contributed by atoms with Crippen LogP contribution in [0.25, 0.3) is 0 Å². The summed E-state index contributed by atoms with van der Waals surface area (Å²) < 4.78 is 2.45. The van der Waals surface area contributed by atoms with E-state index in [0.717, 1.165) is 11.9 Å². The molecule has 5 heteroatoms. The Morgan fingerprint density at radius 1 is 1.88 bits per heavy atom. The lowest BCUT2D eigenvalue weighted by molar-refractivity contribution is -0.108. The monoisotopic (exact) mass is 134 g/mol. The molecule has 0 rings (SSSR count). The molecule has 0 aliphatic carbocycles. The number of hydrogen-bond donors (Lipinski definition) is 1. The molecule has 0 aliphatic heterocycles. The summed E-state index contributed by atoms with van der Waals surface area (Å²) in [6.07, 6.45) is 0.582. The van der Waals surface area contributed by atoms with Crippen LogP contribution in [0, 0.1) is 4.91 Å².